The molecular formula is C14H16OS. The Bertz CT molecular complexity index is 428. The highest BCUT2D eigenvalue weighted by Gasteiger charge is 2.11. The maximum Gasteiger partial charge on any atom is 0.113 e. The number of hydrogen-bond acceptors (Lipinski definition) is 2. The van der Waals surface area contributed by atoms with Crippen LogP contribution in [-0.4, -0.2) is 5.11 Å². The number of rotatable bonds is 3. The van der Waals surface area contributed by atoms with Crippen molar-refractivity contribution in [2.24, 2.45) is 0 Å². The van der Waals surface area contributed by atoms with E-state index in [1.54, 1.807) is 11.3 Å². The molecule has 84 valence electrons. The van der Waals surface area contributed by atoms with E-state index in [4.69, 9.17) is 0 Å². The first-order chi connectivity index (χ1) is 7.68. The Morgan fingerprint density at radius 1 is 1.00 bits per heavy atom. The molecular weight excluding hydrogens is 216 g/mol. The fraction of sp³-hybridized carbons (Fsp3) is 0.286. The number of thiophene rings is 1. The van der Waals surface area contributed by atoms with E-state index in [9.17, 15) is 5.11 Å². The van der Waals surface area contributed by atoms with E-state index in [1.165, 1.54) is 5.56 Å². The van der Waals surface area contributed by atoms with Crippen molar-refractivity contribution in [1.82, 2.24) is 0 Å². The molecule has 1 N–H and O–H groups in total. The Hall–Kier alpha value is -1.12. The zero-order valence-corrected chi connectivity index (χ0v) is 10.4. The van der Waals surface area contributed by atoms with E-state index in [0.717, 1.165) is 10.4 Å². The largest absolute Gasteiger partial charge is 0.383 e. The average molecular weight is 232 g/mol. The molecule has 0 aliphatic heterocycles. The molecule has 0 unspecified atom stereocenters. The van der Waals surface area contributed by atoms with E-state index < -0.39 is 6.10 Å². The summed E-state index contributed by atoms with van der Waals surface area (Å²) in [5, 5.41) is 12.1. The lowest BCUT2D eigenvalue weighted by molar-refractivity contribution is 0.224. The summed E-state index contributed by atoms with van der Waals surface area (Å²) in [5.41, 5.74) is 2.27. The lowest BCUT2D eigenvalue weighted by atomic mass is 9.99. The van der Waals surface area contributed by atoms with Crippen LogP contribution in [0.15, 0.2) is 41.8 Å². The smallest absolute Gasteiger partial charge is 0.113 e. The van der Waals surface area contributed by atoms with E-state index in [0.29, 0.717) is 5.92 Å². The highest BCUT2D eigenvalue weighted by molar-refractivity contribution is 7.10. The second-order valence-corrected chi connectivity index (χ2v) is 5.22. The van der Waals surface area contributed by atoms with Gasteiger partial charge in [-0.2, -0.15) is 0 Å². The monoisotopic (exact) mass is 232 g/mol. The summed E-state index contributed by atoms with van der Waals surface area (Å²) in [5.74, 6) is 0.535. The van der Waals surface area contributed by atoms with E-state index >= 15 is 0 Å². The van der Waals surface area contributed by atoms with Gasteiger partial charge < -0.3 is 5.11 Å². The highest BCUT2D eigenvalue weighted by Crippen LogP contribution is 2.26. The first-order valence-electron chi connectivity index (χ1n) is 5.50. The maximum atomic E-state index is 10.1. The summed E-state index contributed by atoms with van der Waals surface area (Å²) in [6, 6.07) is 12.1. The molecule has 1 atom stereocenters. The van der Waals surface area contributed by atoms with Gasteiger partial charge in [0.15, 0.2) is 0 Å². The predicted molar refractivity (Wildman–Crippen MR) is 68.9 cm³/mol. The molecule has 16 heavy (non-hydrogen) atoms. The van der Waals surface area contributed by atoms with Crippen molar-refractivity contribution >= 4 is 11.3 Å². The van der Waals surface area contributed by atoms with Gasteiger partial charge in [-0.05, 0) is 28.5 Å². The van der Waals surface area contributed by atoms with Crippen LogP contribution < -0.4 is 0 Å². The summed E-state index contributed by atoms with van der Waals surface area (Å²) >= 11 is 1.59. The van der Waals surface area contributed by atoms with Crippen molar-refractivity contribution in [3.05, 3.63) is 57.8 Å². The van der Waals surface area contributed by atoms with Crippen LogP contribution in [0.1, 0.15) is 41.9 Å². The van der Waals surface area contributed by atoms with Gasteiger partial charge in [0, 0.05) is 4.88 Å². The molecule has 0 aliphatic carbocycles. The molecule has 0 spiro atoms. The Kier molecular flexibility index (Phi) is 3.42. The second kappa shape index (κ2) is 4.81. The molecule has 0 bridgehead atoms. The molecule has 0 fully saturated rings. The Morgan fingerprint density at radius 2 is 1.62 bits per heavy atom. The van der Waals surface area contributed by atoms with Crippen LogP contribution >= 0.6 is 11.3 Å². The minimum absolute atomic E-state index is 0.485. The molecule has 0 aliphatic rings. The van der Waals surface area contributed by atoms with Gasteiger partial charge >= 0.3 is 0 Å². The number of benzene rings is 1. The summed E-state index contributed by atoms with van der Waals surface area (Å²) < 4.78 is 0. The maximum absolute atomic E-state index is 10.1. The molecule has 1 heterocycles. The zero-order valence-electron chi connectivity index (χ0n) is 9.55. The number of hydrogen-bond donors (Lipinski definition) is 1. The second-order valence-electron chi connectivity index (χ2n) is 4.24. The third kappa shape index (κ3) is 2.34. The molecule has 1 nitrogen and oxygen atoms in total. The normalized spacial score (nSPS) is 13.0. The topological polar surface area (TPSA) is 20.2 Å². The Labute approximate surface area is 100 Å². The first kappa shape index (κ1) is 11.4. The molecule has 2 heteroatoms. The van der Waals surface area contributed by atoms with E-state index in [1.807, 2.05) is 29.6 Å². The van der Waals surface area contributed by atoms with Crippen LogP contribution in [0.2, 0.25) is 0 Å². The third-order valence-electron chi connectivity index (χ3n) is 2.73. The Balaban J connectivity index is 2.22. The Morgan fingerprint density at radius 3 is 2.12 bits per heavy atom. The highest BCUT2D eigenvalue weighted by atomic mass is 32.1. The quantitative estimate of drug-likeness (QED) is 0.849. The molecule has 1 aromatic heterocycles. The predicted octanol–water partition coefficient (Wildman–Crippen LogP) is 3.95. The van der Waals surface area contributed by atoms with Gasteiger partial charge in [-0.15, -0.1) is 11.3 Å². The lowest BCUT2D eigenvalue weighted by Gasteiger charge is -2.11. The minimum Gasteiger partial charge on any atom is -0.383 e. The van der Waals surface area contributed by atoms with Crippen LogP contribution in [0.3, 0.4) is 0 Å². The van der Waals surface area contributed by atoms with Crippen LogP contribution in [0.5, 0.6) is 0 Å². The van der Waals surface area contributed by atoms with Crippen molar-refractivity contribution in [3.8, 4) is 0 Å². The average Bonchev–Trinajstić information content (AvgIpc) is 2.81. The van der Waals surface area contributed by atoms with Crippen LogP contribution in [-0.2, 0) is 0 Å². The molecule has 1 aromatic carbocycles. The third-order valence-corrected chi connectivity index (χ3v) is 3.66. The standard InChI is InChI=1S/C14H16OS/c1-10(2)11-5-7-12(8-6-11)14(15)13-4-3-9-16-13/h3-10,14-15H,1-2H3/t14-/m0/s1. The van der Waals surface area contributed by atoms with Crippen molar-refractivity contribution in [2.75, 3.05) is 0 Å². The van der Waals surface area contributed by atoms with Crippen molar-refractivity contribution in [3.63, 3.8) is 0 Å². The molecule has 2 aromatic rings. The van der Waals surface area contributed by atoms with Gasteiger partial charge in [-0.1, -0.05) is 44.2 Å². The fourth-order valence-electron chi connectivity index (χ4n) is 1.67. The van der Waals surface area contributed by atoms with Gasteiger partial charge in [0.05, 0.1) is 0 Å². The first-order valence-corrected chi connectivity index (χ1v) is 6.38. The summed E-state index contributed by atoms with van der Waals surface area (Å²) in [6.07, 6.45) is -0.485. The van der Waals surface area contributed by atoms with Gasteiger partial charge in [0.2, 0.25) is 0 Å². The van der Waals surface area contributed by atoms with Gasteiger partial charge in [0.1, 0.15) is 6.10 Å². The van der Waals surface area contributed by atoms with Crippen molar-refractivity contribution in [2.45, 2.75) is 25.9 Å². The number of aliphatic hydroxyl groups excluding tert-OH is 1. The van der Waals surface area contributed by atoms with E-state index in [-0.39, 0.29) is 0 Å². The van der Waals surface area contributed by atoms with Crippen LogP contribution in [0, 0.1) is 0 Å². The summed E-state index contributed by atoms with van der Waals surface area (Å²) in [4.78, 5) is 0.997. The number of aliphatic hydroxyl groups is 1. The molecule has 0 saturated carbocycles. The molecule has 0 radical (unpaired) electrons. The molecule has 0 amide bonds. The van der Waals surface area contributed by atoms with Gasteiger partial charge in [-0.3, -0.25) is 0 Å². The summed E-state index contributed by atoms with van der Waals surface area (Å²) in [6.45, 7) is 4.34. The van der Waals surface area contributed by atoms with Gasteiger partial charge in [-0.25, -0.2) is 0 Å². The van der Waals surface area contributed by atoms with Crippen molar-refractivity contribution in [1.29, 1.82) is 0 Å². The lowest BCUT2D eigenvalue weighted by Crippen LogP contribution is -1.97. The van der Waals surface area contributed by atoms with Crippen LogP contribution in [0.4, 0.5) is 0 Å². The van der Waals surface area contributed by atoms with Crippen molar-refractivity contribution < 1.29 is 5.11 Å². The molecule has 2 rings (SSSR count). The fourth-order valence-corrected chi connectivity index (χ4v) is 2.41. The molecule has 0 saturated heterocycles. The SMILES string of the molecule is CC(C)c1ccc([C@H](O)c2cccs2)cc1. The zero-order chi connectivity index (χ0) is 11.5. The van der Waals surface area contributed by atoms with Crippen LogP contribution in [0.25, 0.3) is 0 Å². The summed E-state index contributed by atoms with van der Waals surface area (Å²) in [7, 11) is 0. The van der Waals surface area contributed by atoms with E-state index in [2.05, 4.69) is 26.0 Å². The minimum atomic E-state index is -0.485. The van der Waals surface area contributed by atoms with Gasteiger partial charge in [0.25, 0.3) is 0 Å².